The standard InChI is InChI=1S/C11H20N4/c1-8-4-5-15-9(6-8)13-14-10(15)7-11(2,3)12/h8H,4-7,12H2,1-3H3. The van der Waals surface area contributed by atoms with Crippen LogP contribution in [0, 0.1) is 5.92 Å². The van der Waals surface area contributed by atoms with Gasteiger partial charge < -0.3 is 10.3 Å². The van der Waals surface area contributed by atoms with Crippen molar-refractivity contribution in [1.82, 2.24) is 14.8 Å². The summed E-state index contributed by atoms with van der Waals surface area (Å²) in [5.41, 5.74) is 5.80. The number of aromatic nitrogens is 3. The molecule has 0 amide bonds. The minimum absolute atomic E-state index is 0.202. The molecule has 1 aliphatic heterocycles. The van der Waals surface area contributed by atoms with Crippen LogP contribution in [0.4, 0.5) is 0 Å². The van der Waals surface area contributed by atoms with Gasteiger partial charge in [-0.05, 0) is 26.2 Å². The van der Waals surface area contributed by atoms with E-state index < -0.39 is 0 Å². The van der Waals surface area contributed by atoms with Gasteiger partial charge in [0, 0.05) is 24.9 Å². The zero-order chi connectivity index (χ0) is 11.1. The molecule has 15 heavy (non-hydrogen) atoms. The summed E-state index contributed by atoms with van der Waals surface area (Å²) in [7, 11) is 0. The second-order valence-corrected chi connectivity index (χ2v) is 5.45. The Balaban J connectivity index is 2.21. The Hall–Kier alpha value is -0.900. The molecule has 1 atom stereocenters. The van der Waals surface area contributed by atoms with E-state index in [0.29, 0.717) is 0 Å². The predicted octanol–water partition coefficient (Wildman–Crippen LogP) is 1.14. The van der Waals surface area contributed by atoms with Gasteiger partial charge in [-0.25, -0.2) is 0 Å². The lowest BCUT2D eigenvalue weighted by atomic mass is 9.99. The van der Waals surface area contributed by atoms with Crippen molar-refractivity contribution in [3.8, 4) is 0 Å². The highest BCUT2D eigenvalue weighted by molar-refractivity contribution is 5.03. The maximum absolute atomic E-state index is 6.01. The topological polar surface area (TPSA) is 56.7 Å². The molecule has 1 aromatic rings. The Morgan fingerprint density at radius 3 is 2.87 bits per heavy atom. The molecule has 4 heteroatoms. The maximum Gasteiger partial charge on any atom is 0.134 e. The highest BCUT2D eigenvalue weighted by Crippen LogP contribution is 2.20. The van der Waals surface area contributed by atoms with Crippen molar-refractivity contribution >= 4 is 0 Å². The van der Waals surface area contributed by atoms with E-state index in [1.165, 1.54) is 6.42 Å². The monoisotopic (exact) mass is 208 g/mol. The van der Waals surface area contributed by atoms with E-state index in [1.807, 2.05) is 13.8 Å². The van der Waals surface area contributed by atoms with Gasteiger partial charge in [0.1, 0.15) is 11.6 Å². The van der Waals surface area contributed by atoms with Gasteiger partial charge in [0.15, 0.2) is 0 Å². The molecule has 0 radical (unpaired) electrons. The first-order chi connectivity index (χ1) is 6.96. The summed E-state index contributed by atoms with van der Waals surface area (Å²) in [6.45, 7) is 7.37. The molecule has 2 heterocycles. The second kappa shape index (κ2) is 3.59. The summed E-state index contributed by atoms with van der Waals surface area (Å²) in [6, 6.07) is 0. The fourth-order valence-electron chi connectivity index (χ4n) is 2.08. The van der Waals surface area contributed by atoms with E-state index in [9.17, 15) is 0 Å². The Bertz CT molecular complexity index is 348. The van der Waals surface area contributed by atoms with Crippen molar-refractivity contribution < 1.29 is 0 Å². The van der Waals surface area contributed by atoms with Crippen molar-refractivity contribution in [1.29, 1.82) is 0 Å². The van der Waals surface area contributed by atoms with Gasteiger partial charge >= 0.3 is 0 Å². The first-order valence-electron chi connectivity index (χ1n) is 5.65. The zero-order valence-electron chi connectivity index (χ0n) is 9.82. The van der Waals surface area contributed by atoms with Crippen LogP contribution in [0.5, 0.6) is 0 Å². The van der Waals surface area contributed by atoms with Gasteiger partial charge in [-0.1, -0.05) is 6.92 Å². The van der Waals surface area contributed by atoms with Crippen LogP contribution in [0.15, 0.2) is 0 Å². The third-order valence-corrected chi connectivity index (χ3v) is 2.89. The summed E-state index contributed by atoms with van der Waals surface area (Å²) < 4.78 is 2.24. The first kappa shape index (κ1) is 10.6. The molecule has 0 fully saturated rings. The van der Waals surface area contributed by atoms with E-state index in [4.69, 9.17) is 5.73 Å². The smallest absolute Gasteiger partial charge is 0.134 e. The van der Waals surface area contributed by atoms with E-state index in [-0.39, 0.29) is 5.54 Å². The van der Waals surface area contributed by atoms with Crippen molar-refractivity contribution in [2.24, 2.45) is 11.7 Å². The highest BCUT2D eigenvalue weighted by atomic mass is 15.3. The molecule has 0 spiro atoms. The molecule has 0 aliphatic carbocycles. The molecule has 0 aromatic carbocycles. The predicted molar refractivity (Wildman–Crippen MR) is 59.5 cm³/mol. The SMILES string of the molecule is CC1CCn2c(nnc2CC(C)(C)N)C1. The van der Waals surface area contributed by atoms with Crippen molar-refractivity contribution in [2.45, 2.75) is 52.1 Å². The minimum atomic E-state index is -0.202. The van der Waals surface area contributed by atoms with Crippen LogP contribution in [0.1, 0.15) is 38.8 Å². The van der Waals surface area contributed by atoms with Crippen LogP contribution < -0.4 is 5.73 Å². The first-order valence-corrected chi connectivity index (χ1v) is 5.65. The molecule has 1 aromatic heterocycles. The number of rotatable bonds is 2. The number of hydrogen-bond donors (Lipinski definition) is 1. The van der Waals surface area contributed by atoms with Crippen LogP contribution in [-0.4, -0.2) is 20.3 Å². The molecule has 0 saturated heterocycles. The van der Waals surface area contributed by atoms with Crippen LogP contribution in [-0.2, 0) is 19.4 Å². The molecule has 1 aliphatic rings. The average molecular weight is 208 g/mol. The average Bonchev–Trinajstić information content (AvgIpc) is 2.45. The van der Waals surface area contributed by atoms with E-state index >= 15 is 0 Å². The molecular formula is C11H20N4. The normalized spacial score (nSPS) is 21.5. The minimum Gasteiger partial charge on any atom is -0.325 e. The lowest BCUT2D eigenvalue weighted by Gasteiger charge is -2.23. The largest absolute Gasteiger partial charge is 0.325 e. The summed E-state index contributed by atoms with van der Waals surface area (Å²) in [6.07, 6.45) is 3.08. The van der Waals surface area contributed by atoms with Crippen molar-refractivity contribution in [3.05, 3.63) is 11.6 Å². The maximum atomic E-state index is 6.01. The zero-order valence-corrected chi connectivity index (χ0v) is 9.82. The molecule has 2 rings (SSSR count). The van der Waals surface area contributed by atoms with E-state index in [1.54, 1.807) is 0 Å². The molecule has 2 N–H and O–H groups in total. The number of nitrogens with zero attached hydrogens (tertiary/aromatic N) is 3. The summed E-state index contributed by atoms with van der Waals surface area (Å²) >= 11 is 0. The van der Waals surface area contributed by atoms with E-state index in [2.05, 4.69) is 21.7 Å². The molecular weight excluding hydrogens is 188 g/mol. The van der Waals surface area contributed by atoms with Gasteiger partial charge in [-0.2, -0.15) is 0 Å². The van der Waals surface area contributed by atoms with Gasteiger partial charge in [0.25, 0.3) is 0 Å². The Labute approximate surface area is 90.9 Å². The third kappa shape index (κ3) is 2.37. The molecule has 0 bridgehead atoms. The summed E-state index contributed by atoms with van der Waals surface area (Å²) in [5, 5.41) is 8.50. The van der Waals surface area contributed by atoms with Gasteiger partial charge in [0.05, 0.1) is 0 Å². The van der Waals surface area contributed by atoms with Crippen LogP contribution in [0.3, 0.4) is 0 Å². The van der Waals surface area contributed by atoms with Gasteiger partial charge in [-0.3, -0.25) is 0 Å². The summed E-state index contributed by atoms with van der Waals surface area (Å²) in [5.74, 6) is 2.91. The Morgan fingerprint density at radius 1 is 1.47 bits per heavy atom. The number of nitrogens with two attached hydrogens (primary N) is 1. The Morgan fingerprint density at radius 2 is 2.20 bits per heavy atom. The van der Waals surface area contributed by atoms with Crippen LogP contribution in [0.25, 0.3) is 0 Å². The number of fused-ring (bicyclic) bond motifs is 1. The van der Waals surface area contributed by atoms with E-state index in [0.717, 1.165) is 37.0 Å². The van der Waals surface area contributed by atoms with Crippen molar-refractivity contribution in [2.75, 3.05) is 0 Å². The number of hydrogen-bond acceptors (Lipinski definition) is 3. The fourth-order valence-corrected chi connectivity index (χ4v) is 2.08. The molecule has 0 saturated carbocycles. The van der Waals surface area contributed by atoms with Gasteiger partial charge in [0.2, 0.25) is 0 Å². The second-order valence-electron chi connectivity index (χ2n) is 5.45. The van der Waals surface area contributed by atoms with Gasteiger partial charge in [-0.15, -0.1) is 10.2 Å². The summed E-state index contributed by atoms with van der Waals surface area (Å²) in [4.78, 5) is 0. The fraction of sp³-hybridized carbons (Fsp3) is 0.818. The quantitative estimate of drug-likeness (QED) is 0.793. The van der Waals surface area contributed by atoms with Crippen molar-refractivity contribution in [3.63, 3.8) is 0 Å². The lowest BCUT2D eigenvalue weighted by Crippen LogP contribution is -2.36. The molecule has 1 unspecified atom stereocenters. The Kier molecular flexibility index (Phi) is 2.54. The lowest BCUT2D eigenvalue weighted by molar-refractivity contribution is 0.393. The van der Waals surface area contributed by atoms with Crippen LogP contribution >= 0.6 is 0 Å². The molecule has 84 valence electrons. The highest BCUT2D eigenvalue weighted by Gasteiger charge is 2.23. The molecule has 4 nitrogen and oxygen atoms in total. The third-order valence-electron chi connectivity index (χ3n) is 2.89. The van der Waals surface area contributed by atoms with Crippen LogP contribution in [0.2, 0.25) is 0 Å².